The molecule has 2 atom stereocenters. The molecule has 0 aliphatic rings. The highest BCUT2D eigenvalue weighted by Gasteiger charge is 2.20. The van der Waals surface area contributed by atoms with Crippen molar-refractivity contribution in [2.45, 2.75) is 26.3 Å². The van der Waals surface area contributed by atoms with Crippen LogP contribution in [-0.4, -0.2) is 36.7 Å². The van der Waals surface area contributed by atoms with Gasteiger partial charge in [-0.1, -0.05) is 6.92 Å². The normalized spacial score (nSPS) is 14.5. The van der Waals surface area contributed by atoms with Crippen molar-refractivity contribution in [3.8, 4) is 0 Å². The molecule has 5 heteroatoms. The monoisotopic (exact) mass is 203 g/mol. The van der Waals surface area contributed by atoms with E-state index in [-0.39, 0.29) is 24.3 Å². The molecule has 1 amide bonds. The van der Waals surface area contributed by atoms with Crippen LogP contribution in [0.5, 0.6) is 0 Å². The van der Waals surface area contributed by atoms with Crippen LogP contribution in [0.15, 0.2) is 0 Å². The summed E-state index contributed by atoms with van der Waals surface area (Å²) in [4.78, 5) is 21.3. The second kappa shape index (κ2) is 6.37. The Hall–Kier alpha value is -1.10. The van der Waals surface area contributed by atoms with Crippen molar-refractivity contribution in [2.24, 2.45) is 5.92 Å². The lowest BCUT2D eigenvalue weighted by molar-refractivity contribution is -0.138. The smallest absolute Gasteiger partial charge is 0.303 e. The first-order valence-electron chi connectivity index (χ1n) is 4.45. The van der Waals surface area contributed by atoms with Crippen LogP contribution in [0.1, 0.15) is 20.3 Å². The molecular formula is C9H17NO4. The molecule has 0 saturated carbocycles. The number of aliphatic carboxylic acids is 1. The Morgan fingerprint density at radius 1 is 1.50 bits per heavy atom. The summed E-state index contributed by atoms with van der Waals surface area (Å²) in [6.07, 6.45) is 0.0221. The van der Waals surface area contributed by atoms with E-state index >= 15 is 0 Å². The zero-order valence-electron chi connectivity index (χ0n) is 8.74. The fraction of sp³-hybridized carbons (Fsp3) is 0.778. The number of carboxylic acid groups (broad SMARTS) is 1. The van der Waals surface area contributed by atoms with E-state index in [2.05, 4.69) is 5.32 Å². The number of amides is 1. The predicted molar refractivity (Wildman–Crippen MR) is 50.9 cm³/mol. The molecular weight excluding hydrogens is 186 g/mol. The van der Waals surface area contributed by atoms with Crippen molar-refractivity contribution >= 4 is 11.9 Å². The molecule has 0 aliphatic carbocycles. The van der Waals surface area contributed by atoms with Gasteiger partial charge in [0, 0.05) is 20.5 Å². The molecule has 2 N–H and O–H groups in total. The molecule has 5 nitrogen and oxygen atoms in total. The van der Waals surface area contributed by atoms with Crippen molar-refractivity contribution < 1.29 is 19.4 Å². The minimum absolute atomic E-state index is 0.0221. The van der Waals surface area contributed by atoms with Crippen LogP contribution < -0.4 is 5.32 Å². The van der Waals surface area contributed by atoms with Gasteiger partial charge in [0.05, 0.1) is 12.6 Å². The van der Waals surface area contributed by atoms with Crippen LogP contribution in [0.25, 0.3) is 0 Å². The van der Waals surface area contributed by atoms with Gasteiger partial charge in [-0.25, -0.2) is 0 Å². The molecule has 0 aromatic heterocycles. The summed E-state index contributed by atoms with van der Waals surface area (Å²) >= 11 is 0. The highest BCUT2D eigenvalue weighted by Crippen LogP contribution is 2.08. The summed E-state index contributed by atoms with van der Waals surface area (Å²) in [5.74, 6) is -1.19. The molecule has 0 rings (SSSR count). The van der Waals surface area contributed by atoms with Crippen molar-refractivity contribution in [3.05, 3.63) is 0 Å². The number of nitrogens with one attached hydrogen (secondary N) is 1. The van der Waals surface area contributed by atoms with E-state index < -0.39 is 5.97 Å². The number of ether oxygens (including phenoxy) is 1. The number of hydrogen-bond acceptors (Lipinski definition) is 3. The van der Waals surface area contributed by atoms with Crippen LogP contribution in [-0.2, 0) is 14.3 Å². The SMILES string of the molecule is COC[C@@H](NC(C)=O)[C@@H](C)CC(=O)O. The maximum atomic E-state index is 10.8. The zero-order valence-corrected chi connectivity index (χ0v) is 8.74. The third-order valence-corrected chi connectivity index (χ3v) is 1.92. The van der Waals surface area contributed by atoms with E-state index in [4.69, 9.17) is 9.84 Å². The van der Waals surface area contributed by atoms with Crippen molar-refractivity contribution in [2.75, 3.05) is 13.7 Å². The molecule has 82 valence electrons. The van der Waals surface area contributed by atoms with Gasteiger partial charge in [0.25, 0.3) is 0 Å². The van der Waals surface area contributed by atoms with Gasteiger partial charge in [-0.2, -0.15) is 0 Å². The van der Waals surface area contributed by atoms with Gasteiger partial charge in [-0.15, -0.1) is 0 Å². The second-order valence-corrected chi connectivity index (χ2v) is 3.34. The fourth-order valence-electron chi connectivity index (χ4n) is 1.21. The quantitative estimate of drug-likeness (QED) is 0.648. The molecule has 0 fully saturated rings. The Morgan fingerprint density at radius 2 is 2.07 bits per heavy atom. The standard InChI is InChI=1S/C9H17NO4/c1-6(4-9(12)13)8(5-14-3)10-7(2)11/h6,8H,4-5H2,1-3H3,(H,10,11)(H,12,13)/t6-,8+/m0/s1. The Kier molecular flexibility index (Phi) is 5.87. The average molecular weight is 203 g/mol. The van der Waals surface area contributed by atoms with E-state index in [1.54, 1.807) is 6.92 Å². The Bertz CT molecular complexity index is 205. The Balaban J connectivity index is 4.16. The molecule has 0 spiro atoms. The highest BCUT2D eigenvalue weighted by atomic mass is 16.5. The summed E-state index contributed by atoms with van der Waals surface area (Å²) in [5.41, 5.74) is 0. The number of carbonyl (C=O) groups excluding carboxylic acids is 1. The first kappa shape index (κ1) is 12.9. The van der Waals surface area contributed by atoms with Gasteiger partial charge in [0.2, 0.25) is 5.91 Å². The number of hydrogen-bond donors (Lipinski definition) is 2. The van der Waals surface area contributed by atoms with Crippen LogP contribution in [0, 0.1) is 5.92 Å². The van der Waals surface area contributed by atoms with E-state index in [0.29, 0.717) is 6.61 Å². The van der Waals surface area contributed by atoms with Gasteiger partial charge in [0.1, 0.15) is 0 Å². The summed E-state index contributed by atoms with van der Waals surface area (Å²) in [5, 5.41) is 11.2. The van der Waals surface area contributed by atoms with Crippen LogP contribution in [0.4, 0.5) is 0 Å². The number of carboxylic acids is 1. The summed E-state index contributed by atoms with van der Waals surface area (Å²) in [7, 11) is 1.52. The third kappa shape index (κ3) is 5.53. The van der Waals surface area contributed by atoms with E-state index in [9.17, 15) is 9.59 Å². The summed E-state index contributed by atoms with van der Waals surface area (Å²) in [6.45, 7) is 3.50. The predicted octanol–water partition coefficient (Wildman–Crippen LogP) is 0.248. The minimum atomic E-state index is -0.871. The summed E-state index contributed by atoms with van der Waals surface area (Å²) in [6, 6.07) is -0.242. The zero-order chi connectivity index (χ0) is 11.1. The van der Waals surface area contributed by atoms with Gasteiger partial charge >= 0.3 is 5.97 Å². The van der Waals surface area contributed by atoms with Gasteiger partial charge in [-0.3, -0.25) is 9.59 Å². The Labute approximate surface area is 83.4 Å². The van der Waals surface area contributed by atoms with Crippen LogP contribution in [0.2, 0.25) is 0 Å². The van der Waals surface area contributed by atoms with Crippen molar-refractivity contribution in [3.63, 3.8) is 0 Å². The lowest BCUT2D eigenvalue weighted by Gasteiger charge is -2.22. The number of methoxy groups -OCH3 is 1. The molecule has 0 aliphatic heterocycles. The largest absolute Gasteiger partial charge is 0.481 e. The lowest BCUT2D eigenvalue weighted by atomic mass is 9.99. The first-order valence-corrected chi connectivity index (χ1v) is 4.45. The first-order chi connectivity index (χ1) is 6.47. The van der Waals surface area contributed by atoms with E-state index in [0.717, 1.165) is 0 Å². The number of carbonyl (C=O) groups is 2. The van der Waals surface area contributed by atoms with Gasteiger partial charge in [-0.05, 0) is 5.92 Å². The maximum absolute atomic E-state index is 10.8. The minimum Gasteiger partial charge on any atom is -0.481 e. The van der Waals surface area contributed by atoms with Crippen LogP contribution >= 0.6 is 0 Å². The van der Waals surface area contributed by atoms with Crippen LogP contribution in [0.3, 0.4) is 0 Å². The highest BCUT2D eigenvalue weighted by molar-refractivity contribution is 5.73. The topological polar surface area (TPSA) is 75.6 Å². The van der Waals surface area contributed by atoms with Gasteiger partial charge in [0.15, 0.2) is 0 Å². The molecule has 0 unspecified atom stereocenters. The molecule has 0 aromatic carbocycles. The lowest BCUT2D eigenvalue weighted by Crippen LogP contribution is -2.42. The second-order valence-electron chi connectivity index (χ2n) is 3.34. The van der Waals surface area contributed by atoms with E-state index in [1.165, 1.54) is 14.0 Å². The molecule has 0 aromatic rings. The van der Waals surface area contributed by atoms with Crippen molar-refractivity contribution in [1.82, 2.24) is 5.32 Å². The average Bonchev–Trinajstić information content (AvgIpc) is 2.01. The third-order valence-electron chi connectivity index (χ3n) is 1.92. The fourth-order valence-corrected chi connectivity index (χ4v) is 1.21. The summed E-state index contributed by atoms with van der Waals surface area (Å²) < 4.78 is 4.90. The van der Waals surface area contributed by atoms with E-state index in [1.807, 2.05) is 0 Å². The molecule has 14 heavy (non-hydrogen) atoms. The maximum Gasteiger partial charge on any atom is 0.303 e. The number of rotatable bonds is 6. The van der Waals surface area contributed by atoms with Crippen molar-refractivity contribution in [1.29, 1.82) is 0 Å². The molecule has 0 saturated heterocycles. The van der Waals surface area contributed by atoms with Gasteiger partial charge < -0.3 is 15.2 Å². The molecule has 0 bridgehead atoms. The Morgan fingerprint density at radius 3 is 2.43 bits per heavy atom. The molecule has 0 heterocycles. The molecule has 0 radical (unpaired) electrons.